The molecule has 5 nitrogen and oxygen atoms in total. The maximum atomic E-state index is 6.08. The molecule has 5 heteroatoms. The highest BCUT2D eigenvalue weighted by Crippen LogP contribution is 2.43. The third-order valence-electron chi connectivity index (χ3n) is 4.06. The second kappa shape index (κ2) is 6.28. The van der Waals surface area contributed by atoms with Gasteiger partial charge in [-0.3, -0.25) is 0 Å². The van der Waals surface area contributed by atoms with Gasteiger partial charge in [-0.15, -0.1) is 0 Å². The number of rotatable bonds is 4. The van der Waals surface area contributed by atoms with E-state index in [0.717, 1.165) is 33.6 Å². The lowest BCUT2D eigenvalue weighted by atomic mass is 9.99. The van der Waals surface area contributed by atoms with Crippen LogP contribution in [0.3, 0.4) is 0 Å². The lowest BCUT2D eigenvalue weighted by molar-refractivity contribution is 0.402. The summed E-state index contributed by atoms with van der Waals surface area (Å²) in [5.41, 5.74) is 3.35. The lowest BCUT2D eigenvalue weighted by Gasteiger charge is -2.06. The largest absolute Gasteiger partial charge is 0.497 e. The predicted molar refractivity (Wildman–Crippen MR) is 95.8 cm³/mol. The second-order valence-corrected chi connectivity index (χ2v) is 5.46. The van der Waals surface area contributed by atoms with E-state index in [1.165, 1.54) is 6.33 Å². The summed E-state index contributed by atoms with van der Waals surface area (Å²) >= 11 is 0. The third-order valence-corrected chi connectivity index (χ3v) is 4.06. The monoisotopic (exact) mass is 332 g/mol. The molecule has 124 valence electrons. The van der Waals surface area contributed by atoms with Crippen molar-refractivity contribution in [1.29, 1.82) is 0 Å². The van der Waals surface area contributed by atoms with Gasteiger partial charge in [-0.1, -0.05) is 42.5 Å². The van der Waals surface area contributed by atoms with Crippen molar-refractivity contribution in [3.63, 3.8) is 0 Å². The number of nitrogens with zero attached hydrogens (tertiary/aromatic N) is 2. The van der Waals surface area contributed by atoms with Crippen LogP contribution in [0.2, 0.25) is 0 Å². The van der Waals surface area contributed by atoms with E-state index in [1.807, 2.05) is 54.6 Å². The van der Waals surface area contributed by atoms with Crippen LogP contribution < -0.4 is 9.47 Å². The van der Waals surface area contributed by atoms with Crippen LogP contribution in [0.4, 0.5) is 0 Å². The van der Waals surface area contributed by atoms with Crippen LogP contribution >= 0.6 is 0 Å². The van der Waals surface area contributed by atoms with Crippen LogP contribution in [0.1, 0.15) is 0 Å². The van der Waals surface area contributed by atoms with Gasteiger partial charge in [-0.2, -0.15) is 0 Å². The average molecular weight is 332 g/mol. The number of hydrogen-bond donors (Lipinski definition) is 0. The molecule has 0 amide bonds. The number of methoxy groups -OCH3 is 2. The van der Waals surface area contributed by atoms with Crippen molar-refractivity contribution in [3.8, 4) is 34.1 Å². The zero-order valence-corrected chi connectivity index (χ0v) is 13.9. The minimum atomic E-state index is 0.488. The number of benzene rings is 2. The Hall–Kier alpha value is -3.34. The Balaban J connectivity index is 2.04. The summed E-state index contributed by atoms with van der Waals surface area (Å²) in [5.74, 6) is 2.02. The predicted octanol–water partition coefficient (Wildman–Crippen LogP) is 4.57. The van der Waals surface area contributed by atoms with E-state index >= 15 is 0 Å². The summed E-state index contributed by atoms with van der Waals surface area (Å²) in [5, 5.41) is 0.758. The Bertz CT molecular complexity index is 1010. The van der Waals surface area contributed by atoms with Gasteiger partial charge >= 0.3 is 0 Å². The molecular weight excluding hydrogens is 316 g/mol. The van der Waals surface area contributed by atoms with E-state index in [4.69, 9.17) is 13.9 Å². The molecule has 0 bridgehead atoms. The van der Waals surface area contributed by atoms with E-state index in [9.17, 15) is 0 Å². The van der Waals surface area contributed by atoms with Gasteiger partial charge in [0.25, 0.3) is 0 Å². The number of hydrogen-bond acceptors (Lipinski definition) is 5. The van der Waals surface area contributed by atoms with E-state index in [2.05, 4.69) is 9.97 Å². The van der Waals surface area contributed by atoms with Gasteiger partial charge in [0, 0.05) is 11.1 Å². The zero-order chi connectivity index (χ0) is 17.2. The molecule has 0 N–H and O–H groups in total. The van der Waals surface area contributed by atoms with Crippen LogP contribution in [0, 0.1) is 0 Å². The third kappa shape index (κ3) is 2.59. The van der Waals surface area contributed by atoms with Gasteiger partial charge in [0.2, 0.25) is 11.6 Å². The molecule has 4 aromatic rings. The quantitative estimate of drug-likeness (QED) is 0.548. The number of furan rings is 1. The molecule has 0 saturated heterocycles. The van der Waals surface area contributed by atoms with Crippen molar-refractivity contribution in [2.45, 2.75) is 0 Å². The van der Waals surface area contributed by atoms with Gasteiger partial charge in [-0.25, -0.2) is 9.97 Å². The van der Waals surface area contributed by atoms with Crippen molar-refractivity contribution >= 4 is 11.1 Å². The van der Waals surface area contributed by atoms with Gasteiger partial charge in [0.1, 0.15) is 23.2 Å². The molecule has 0 spiro atoms. The Morgan fingerprint density at radius 3 is 2.24 bits per heavy atom. The van der Waals surface area contributed by atoms with Gasteiger partial charge < -0.3 is 13.9 Å². The van der Waals surface area contributed by atoms with Crippen molar-refractivity contribution in [2.75, 3.05) is 14.2 Å². The fourth-order valence-electron chi connectivity index (χ4n) is 2.89. The molecule has 0 aliphatic heterocycles. The first-order valence-corrected chi connectivity index (χ1v) is 7.83. The normalized spacial score (nSPS) is 10.8. The summed E-state index contributed by atoms with van der Waals surface area (Å²) in [4.78, 5) is 8.51. The highest BCUT2D eigenvalue weighted by atomic mass is 16.5. The molecule has 0 saturated carbocycles. The molecular formula is C20H16N2O3. The molecule has 0 aliphatic rings. The summed E-state index contributed by atoms with van der Waals surface area (Å²) in [6.07, 6.45) is 1.44. The molecule has 2 heterocycles. The molecule has 2 aromatic heterocycles. The van der Waals surface area contributed by atoms with E-state index in [1.54, 1.807) is 14.2 Å². The molecule has 0 fully saturated rings. The molecule has 0 atom stereocenters. The van der Waals surface area contributed by atoms with Crippen LogP contribution in [-0.4, -0.2) is 24.2 Å². The number of fused-ring (bicyclic) bond motifs is 1. The summed E-state index contributed by atoms with van der Waals surface area (Å²) in [6.45, 7) is 0. The molecule has 25 heavy (non-hydrogen) atoms. The Morgan fingerprint density at radius 2 is 1.56 bits per heavy atom. The Morgan fingerprint density at radius 1 is 0.800 bits per heavy atom. The van der Waals surface area contributed by atoms with Crippen LogP contribution in [0.5, 0.6) is 11.6 Å². The lowest BCUT2D eigenvalue weighted by Crippen LogP contribution is -1.90. The van der Waals surface area contributed by atoms with Gasteiger partial charge in [0.15, 0.2) is 0 Å². The van der Waals surface area contributed by atoms with Crippen molar-refractivity contribution in [2.24, 2.45) is 0 Å². The maximum Gasteiger partial charge on any atom is 0.234 e. The molecule has 4 rings (SSSR count). The first kappa shape index (κ1) is 15.2. The molecule has 0 aliphatic carbocycles. The fraction of sp³-hybridized carbons (Fsp3) is 0.100. The first-order chi connectivity index (χ1) is 12.3. The number of ether oxygens (including phenoxy) is 2. The maximum absolute atomic E-state index is 6.08. The second-order valence-electron chi connectivity index (χ2n) is 5.46. The highest BCUT2D eigenvalue weighted by Gasteiger charge is 2.22. The Kier molecular flexibility index (Phi) is 3.82. The zero-order valence-electron chi connectivity index (χ0n) is 13.9. The minimum absolute atomic E-state index is 0.488. The highest BCUT2D eigenvalue weighted by molar-refractivity contribution is 6.03. The first-order valence-electron chi connectivity index (χ1n) is 7.83. The van der Waals surface area contributed by atoms with E-state index in [-0.39, 0.29) is 0 Å². The number of aromatic nitrogens is 2. The van der Waals surface area contributed by atoms with Crippen LogP contribution in [0.15, 0.2) is 65.3 Å². The summed E-state index contributed by atoms with van der Waals surface area (Å²) in [7, 11) is 3.24. The molecule has 0 radical (unpaired) electrons. The topological polar surface area (TPSA) is 57.4 Å². The standard InChI is InChI=1S/C20H16N2O3/c1-23-15-10-8-13(9-11-15)16-17-19(24-2)21-12-22-20(17)25-18(16)14-6-4-3-5-7-14/h3-12H,1-2H3. The van der Waals surface area contributed by atoms with Crippen molar-refractivity contribution in [1.82, 2.24) is 9.97 Å². The van der Waals surface area contributed by atoms with E-state index < -0.39 is 0 Å². The van der Waals surface area contributed by atoms with Crippen molar-refractivity contribution < 1.29 is 13.9 Å². The summed E-state index contributed by atoms with van der Waals surface area (Å²) < 4.78 is 16.8. The fourth-order valence-corrected chi connectivity index (χ4v) is 2.89. The van der Waals surface area contributed by atoms with Gasteiger partial charge in [-0.05, 0) is 17.7 Å². The SMILES string of the molecule is COc1ccc(-c2c(-c3ccccc3)oc3ncnc(OC)c23)cc1. The molecule has 2 aromatic carbocycles. The van der Waals surface area contributed by atoms with Crippen molar-refractivity contribution in [3.05, 3.63) is 60.9 Å². The van der Waals surface area contributed by atoms with Gasteiger partial charge in [0.05, 0.1) is 14.2 Å². The minimum Gasteiger partial charge on any atom is -0.497 e. The Labute approximate surface area is 144 Å². The summed E-state index contributed by atoms with van der Waals surface area (Å²) in [6, 6.07) is 17.7. The van der Waals surface area contributed by atoms with E-state index in [0.29, 0.717) is 11.6 Å². The van der Waals surface area contributed by atoms with Crippen LogP contribution in [0.25, 0.3) is 33.6 Å². The smallest absolute Gasteiger partial charge is 0.234 e. The average Bonchev–Trinajstić information content (AvgIpc) is 3.08. The molecule has 0 unspecified atom stereocenters. The van der Waals surface area contributed by atoms with Crippen LogP contribution in [-0.2, 0) is 0 Å².